The molecule has 5 aliphatic rings. The van der Waals surface area contributed by atoms with Crippen LogP contribution in [0.1, 0.15) is 49.3 Å². The minimum absolute atomic E-state index is 0.0223. The van der Waals surface area contributed by atoms with E-state index in [1.54, 1.807) is 0 Å². The number of aromatic hydroxyl groups is 1. The molecule has 3 unspecified atom stereocenters. The van der Waals surface area contributed by atoms with Gasteiger partial charge in [0.15, 0.2) is 23.1 Å². The number of carbonyl (C=O) groups excluding carboxylic acids is 2. The fourth-order valence-corrected chi connectivity index (χ4v) is 7.51. The molecule has 3 atom stereocenters. The number of hydrogen-bond acceptors (Lipinski definition) is 9. The first-order chi connectivity index (χ1) is 18.6. The SMILES string of the molecule is CCCC1=C(Br)C2=C(CN1C)C(=O)C1=C(CCc3c(OC)c4c(c(O)c31)CC1=C(O4)C(O)CC(O)C1O)C2=O. The van der Waals surface area contributed by atoms with Gasteiger partial charge in [-0.05, 0) is 35.2 Å². The number of hydrogen-bond donors (Lipinski definition) is 4. The number of ether oxygens (including phenoxy) is 2. The standard InChI is InChI=1S/C29H30BrNO8/c1-4-5-16-22(30)21-15(10-31(16)2)26(37)19-11(24(21)35)6-7-12-20(19)25(36)14-8-13-23(34)17(32)9-18(33)27(13)39-29(14)28(12)38-3/h17-18,23,32-34,36H,4-10H2,1-3H3. The lowest BCUT2D eigenvalue weighted by molar-refractivity contribution is -0.115. The van der Waals surface area contributed by atoms with Gasteiger partial charge in [0.2, 0.25) is 0 Å². The molecule has 0 amide bonds. The first-order valence-corrected chi connectivity index (χ1v) is 14.0. The first-order valence-electron chi connectivity index (χ1n) is 13.2. The minimum atomic E-state index is -1.28. The highest BCUT2D eigenvalue weighted by Gasteiger charge is 2.46. The van der Waals surface area contributed by atoms with Crippen LogP contribution < -0.4 is 9.47 Å². The van der Waals surface area contributed by atoms with Crippen molar-refractivity contribution in [1.82, 2.24) is 4.90 Å². The zero-order valence-corrected chi connectivity index (χ0v) is 23.5. The fourth-order valence-electron chi connectivity index (χ4n) is 6.59. The molecule has 1 aromatic carbocycles. The lowest BCUT2D eigenvalue weighted by Crippen LogP contribution is -2.42. The van der Waals surface area contributed by atoms with Gasteiger partial charge >= 0.3 is 0 Å². The molecule has 3 aliphatic carbocycles. The molecule has 9 nitrogen and oxygen atoms in total. The van der Waals surface area contributed by atoms with E-state index in [0.717, 1.165) is 18.5 Å². The summed E-state index contributed by atoms with van der Waals surface area (Å²) in [7, 11) is 3.35. The van der Waals surface area contributed by atoms with E-state index in [0.29, 0.717) is 45.4 Å². The number of carbonyl (C=O) groups is 2. The minimum Gasteiger partial charge on any atom is -0.507 e. The highest BCUT2D eigenvalue weighted by molar-refractivity contribution is 9.12. The maximum atomic E-state index is 14.1. The summed E-state index contributed by atoms with van der Waals surface area (Å²) in [6.45, 7) is 2.34. The topological polar surface area (TPSA) is 137 Å². The zero-order chi connectivity index (χ0) is 27.9. The number of aliphatic hydroxyl groups excluding tert-OH is 3. The second-order valence-corrected chi connectivity index (χ2v) is 11.5. The molecule has 10 heteroatoms. The Labute approximate surface area is 233 Å². The summed E-state index contributed by atoms with van der Waals surface area (Å²) in [5.74, 6) is -0.0895. The van der Waals surface area contributed by atoms with Crippen molar-refractivity contribution < 1.29 is 39.5 Å². The molecule has 0 fully saturated rings. The Morgan fingerprint density at radius 3 is 2.49 bits per heavy atom. The van der Waals surface area contributed by atoms with Crippen LogP contribution in [0.2, 0.25) is 0 Å². The van der Waals surface area contributed by atoms with Gasteiger partial charge in [-0.3, -0.25) is 9.59 Å². The number of nitrogens with zero attached hydrogens (tertiary/aromatic N) is 1. The number of allylic oxidation sites excluding steroid dienone is 5. The molecule has 0 aromatic heterocycles. The Kier molecular flexibility index (Phi) is 6.29. The van der Waals surface area contributed by atoms with Crippen LogP contribution >= 0.6 is 15.9 Å². The number of Topliss-reactive ketones (excluding diaryl/α,β-unsaturated/α-hetero) is 2. The highest BCUT2D eigenvalue weighted by atomic mass is 79.9. The second kappa shape index (κ2) is 9.33. The van der Waals surface area contributed by atoms with Crippen molar-refractivity contribution in [2.45, 2.75) is 63.8 Å². The lowest BCUT2D eigenvalue weighted by Gasteiger charge is -2.38. The molecule has 4 N–H and O–H groups in total. The maximum absolute atomic E-state index is 14.1. The molecule has 0 saturated heterocycles. The molecular formula is C29H30BrNO8. The number of halogens is 1. The third kappa shape index (κ3) is 3.61. The van der Waals surface area contributed by atoms with Crippen molar-refractivity contribution in [3.05, 3.63) is 54.9 Å². The number of phenolic OH excluding ortho intramolecular Hbond substituents is 1. The number of fused-ring (bicyclic) bond motifs is 3. The van der Waals surface area contributed by atoms with Gasteiger partial charge < -0.3 is 34.8 Å². The average molecular weight is 600 g/mol. The van der Waals surface area contributed by atoms with Gasteiger partial charge in [0.05, 0.1) is 13.2 Å². The molecule has 206 valence electrons. The summed E-state index contributed by atoms with van der Waals surface area (Å²) < 4.78 is 12.4. The Morgan fingerprint density at radius 2 is 1.79 bits per heavy atom. The van der Waals surface area contributed by atoms with Crippen LogP contribution in [-0.4, -0.2) is 75.9 Å². The number of benzene rings is 1. The van der Waals surface area contributed by atoms with Crippen molar-refractivity contribution in [3.63, 3.8) is 0 Å². The van der Waals surface area contributed by atoms with Crippen LogP contribution in [0, 0.1) is 0 Å². The molecule has 6 rings (SSSR count). The first kappa shape index (κ1) is 26.3. The molecule has 0 radical (unpaired) electrons. The van der Waals surface area contributed by atoms with E-state index in [-0.39, 0.29) is 70.5 Å². The normalized spacial score (nSPS) is 26.2. The molecule has 0 spiro atoms. The number of rotatable bonds is 3. The molecule has 39 heavy (non-hydrogen) atoms. The van der Waals surface area contributed by atoms with E-state index < -0.39 is 18.3 Å². The van der Waals surface area contributed by atoms with Gasteiger partial charge in [-0.1, -0.05) is 13.3 Å². The summed E-state index contributed by atoms with van der Waals surface area (Å²) in [6.07, 6.45) is -1.42. The largest absolute Gasteiger partial charge is 0.507 e. The third-order valence-corrected chi connectivity index (χ3v) is 9.32. The van der Waals surface area contributed by atoms with Crippen molar-refractivity contribution in [2.24, 2.45) is 0 Å². The zero-order valence-electron chi connectivity index (χ0n) is 21.9. The van der Waals surface area contributed by atoms with Crippen LogP contribution in [0.25, 0.3) is 5.57 Å². The van der Waals surface area contributed by atoms with E-state index in [1.165, 1.54) is 7.11 Å². The Morgan fingerprint density at radius 1 is 1.08 bits per heavy atom. The average Bonchev–Trinajstić information content (AvgIpc) is 2.91. The second-order valence-electron chi connectivity index (χ2n) is 10.7. The molecule has 2 heterocycles. The predicted molar refractivity (Wildman–Crippen MR) is 144 cm³/mol. The smallest absolute Gasteiger partial charge is 0.192 e. The van der Waals surface area contributed by atoms with Crippen molar-refractivity contribution in [3.8, 4) is 17.2 Å². The van der Waals surface area contributed by atoms with Crippen molar-refractivity contribution >= 4 is 33.1 Å². The Hall–Kier alpha value is -2.92. The van der Waals surface area contributed by atoms with Crippen LogP contribution in [0.4, 0.5) is 0 Å². The Bertz CT molecular complexity index is 1480. The number of ketones is 2. The molecule has 0 bridgehead atoms. The van der Waals surface area contributed by atoms with Crippen LogP contribution in [-0.2, 0) is 22.4 Å². The van der Waals surface area contributed by atoms with Crippen molar-refractivity contribution in [2.75, 3.05) is 20.7 Å². The van der Waals surface area contributed by atoms with Gasteiger partial charge in [-0.25, -0.2) is 0 Å². The van der Waals surface area contributed by atoms with E-state index in [1.807, 2.05) is 11.9 Å². The summed E-state index contributed by atoms with van der Waals surface area (Å²) >= 11 is 3.62. The molecule has 2 aliphatic heterocycles. The Balaban J connectivity index is 1.53. The maximum Gasteiger partial charge on any atom is 0.192 e. The van der Waals surface area contributed by atoms with Crippen LogP contribution in [0.5, 0.6) is 17.2 Å². The highest BCUT2D eigenvalue weighted by Crippen LogP contribution is 2.55. The van der Waals surface area contributed by atoms with E-state index >= 15 is 0 Å². The van der Waals surface area contributed by atoms with Crippen molar-refractivity contribution in [1.29, 1.82) is 0 Å². The number of phenols is 1. The van der Waals surface area contributed by atoms with Gasteiger partial charge in [-0.15, -0.1) is 0 Å². The van der Waals surface area contributed by atoms with Gasteiger partial charge in [0.1, 0.15) is 23.7 Å². The third-order valence-electron chi connectivity index (χ3n) is 8.46. The fraction of sp³-hybridized carbons (Fsp3) is 0.448. The summed E-state index contributed by atoms with van der Waals surface area (Å²) in [4.78, 5) is 30.0. The van der Waals surface area contributed by atoms with E-state index in [2.05, 4.69) is 22.9 Å². The summed E-state index contributed by atoms with van der Waals surface area (Å²) in [5, 5.41) is 43.1. The quantitative estimate of drug-likeness (QED) is 0.386. The predicted octanol–water partition coefficient (Wildman–Crippen LogP) is 2.58. The summed E-state index contributed by atoms with van der Waals surface area (Å²) in [5.41, 5.74) is 3.64. The van der Waals surface area contributed by atoms with Crippen LogP contribution in [0.15, 0.2) is 38.2 Å². The molecular weight excluding hydrogens is 570 g/mol. The molecule has 0 saturated carbocycles. The monoisotopic (exact) mass is 599 g/mol. The summed E-state index contributed by atoms with van der Waals surface area (Å²) in [6, 6.07) is 0. The number of aliphatic hydroxyl groups is 3. The van der Waals surface area contributed by atoms with Crippen LogP contribution in [0.3, 0.4) is 0 Å². The van der Waals surface area contributed by atoms with Gasteiger partial charge in [0.25, 0.3) is 0 Å². The van der Waals surface area contributed by atoms with E-state index in [4.69, 9.17) is 9.47 Å². The van der Waals surface area contributed by atoms with Gasteiger partial charge in [0, 0.05) is 81.2 Å². The molecule has 1 aromatic rings. The number of likely N-dealkylation sites (N-methyl/N-ethyl adjacent to an activating group) is 1. The van der Waals surface area contributed by atoms with Gasteiger partial charge in [-0.2, -0.15) is 0 Å². The number of methoxy groups -OCH3 is 1. The lowest BCUT2D eigenvalue weighted by atomic mass is 9.72. The van der Waals surface area contributed by atoms with E-state index in [9.17, 15) is 30.0 Å².